The Morgan fingerprint density at radius 2 is 2.19 bits per heavy atom. The Morgan fingerprint density at radius 1 is 1.33 bits per heavy atom. The Balaban J connectivity index is 1.99. The molecular weight excluding hydrogens is 306 g/mol. The van der Waals surface area contributed by atoms with E-state index in [1.807, 2.05) is 17.2 Å². The fraction of sp³-hybridized carbons (Fsp3) is 0.500. The highest BCUT2D eigenvalue weighted by Gasteiger charge is 2.18. The number of hydrogen-bond donors (Lipinski definition) is 0. The molecule has 3 heterocycles. The molecule has 3 aromatic rings. The standard InChI is InChI=1S/C14H18ClN5S/c1-3-4-11-13-14(19(2)18-11)20(12(7-15)17-13)6-5-10-8-21-9-16-10/h8-9H,3-7H2,1-2H3. The minimum atomic E-state index is 0.414. The zero-order valence-electron chi connectivity index (χ0n) is 12.2. The first-order valence-electron chi connectivity index (χ1n) is 7.08. The zero-order valence-corrected chi connectivity index (χ0v) is 13.8. The normalized spacial score (nSPS) is 11.6. The first-order valence-corrected chi connectivity index (χ1v) is 8.56. The van der Waals surface area contributed by atoms with Crippen LogP contribution < -0.4 is 0 Å². The van der Waals surface area contributed by atoms with Gasteiger partial charge in [-0.15, -0.1) is 22.9 Å². The molecule has 3 rings (SSSR count). The van der Waals surface area contributed by atoms with Crippen molar-refractivity contribution in [1.82, 2.24) is 24.3 Å². The van der Waals surface area contributed by atoms with Gasteiger partial charge >= 0.3 is 0 Å². The van der Waals surface area contributed by atoms with Crippen molar-refractivity contribution in [3.8, 4) is 0 Å². The molecule has 0 aliphatic carbocycles. The summed E-state index contributed by atoms with van der Waals surface area (Å²) in [6.07, 6.45) is 2.89. The predicted octanol–water partition coefficient (Wildman–Crippen LogP) is 3.16. The average molecular weight is 324 g/mol. The molecule has 0 aromatic carbocycles. The Labute approximate surface area is 132 Å². The minimum absolute atomic E-state index is 0.414. The van der Waals surface area contributed by atoms with E-state index in [-0.39, 0.29) is 0 Å². The van der Waals surface area contributed by atoms with E-state index in [9.17, 15) is 0 Å². The largest absolute Gasteiger partial charge is 0.311 e. The summed E-state index contributed by atoms with van der Waals surface area (Å²) in [7, 11) is 1.97. The molecule has 3 aromatic heterocycles. The number of aromatic nitrogens is 5. The second kappa shape index (κ2) is 6.15. The molecule has 0 saturated carbocycles. The number of thiazole rings is 1. The molecule has 0 N–H and O–H groups in total. The van der Waals surface area contributed by atoms with Crippen LogP contribution in [0.25, 0.3) is 11.2 Å². The van der Waals surface area contributed by atoms with Gasteiger partial charge in [0.05, 0.1) is 22.8 Å². The van der Waals surface area contributed by atoms with Gasteiger partial charge in [-0.2, -0.15) is 5.10 Å². The molecule has 0 aliphatic rings. The van der Waals surface area contributed by atoms with Crippen LogP contribution in [0.5, 0.6) is 0 Å². The quantitative estimate of drug-likeness (QED) is 0.655. The van der Waals surface area contributed by atoms with E-state index in [2.05, 4.69) is 27.0 Å². The van der Waals surface area contributed by atoms with Gasteiger partial charge < -0.3 is 4.57 Å². The molecule has 0 saturated heterocycles. The number of halogens is 1. The van der Waals surface area contributed by atoms with Crippen LogP contribution in [0.4, 0.5) is 0 Å². The highest BCUT2D eigenvalue weighted by atomic mass is 35.5. The third-order valence-corrected chi connectivity index (χ3v) is 4.43. The van der Waals surface area contributed by atoms with Crippen LogP contribution in [0.15, 0.2) is 10.9 Å². The van der Waals surface area contributed by atoms with E-state index in [0.29, 0.717) is 5.88 Å². The van der Waals surface area contributed by atoms with Gasteiger partial charge in [0.2, 0.25) is 0 Å². The van der Waals surface area contributed by atoms with Crippen molar-refractivity contribution >= 4 is 34.1 Å². The third-order valence-electron chi connectivity index (χ3n) is 3.55. The van der Waals surface area contributed by atoms with Gasteiger partial charge in [-0.25, -0.2) is 9.97 Å². The molecule has 112 valence electrons. The maximum absolute atomic E-state index is 6.08. The lowest BCUT2D eigenvalue weighted by Gasteiger charge is -2.07. The molecule has 0 fully saturated rings. The van der Waals surface area contributed by atoms with E-state index >= 15 is 0 Å². The highest BCUT2D eigenvalue weighted by molar-refractivity contribution is 7.07. The molecule has 5 nitrogen and oxygen atoms in total. The minimum Gasteiger partial charge on any atom is -0.311 e. The smallest absolute Gasteiger partial charge is 0.158 e. The summed E-state index contributed by atoms with van der Waals surface area (Å²) in [4.78, 5) is 9.04. The summed E-state index contributed by atoms with van der Waals surface area (Å²) >= 11 is 7.70. The number of fused-ring (bicyclic) bond motifs is 1. The first kappa shape index (κ1) is 14.5. The fourth-order valence-electron chi connectivity index (χ4n) is 2.62. The lowest BCUT2D eigenvalue weighted by molar-refractivity contribution is 0.643. The van der Waals surface area contributed by atoms with Gasteiger partial charge in [-0.3, -0.25) is 4.68 Å². The summed E-state index contributed by atoms with van der Waals surface area (Å²) < 4.78 is 4.10. The number of hydrogen-bond acceptors (Lipinski definition) is 4. The van der Waals surface area contributed by atoms with Crippen molar-refractivity contribution in [1.29, 1.82) is 0 Å². The maximum atomic E-state index is 6.08. The van der Waals surface area contributed by atoms with E-state index in [1.54, 1.807) is 11.3 Å². The van der Waals surface area contributed by atoms with Crippen molar-refractivity contribution in [2.75, 3.05) is 0 Å². The number of imidazole rings is 1. The molecule has 0 aliphatic heterocycles. The molecule has 0 amide bonds. The van der Waals surface area contributed by atoms with E-state index < -0.39 is 0 Å². The zero-order chi connectivity index (χ0) is 14.8. The number of alkyl halides is 1. The number of nitrogens with zero attached hydrogens (tertiary/aromatic N) is 5. The predicted molar refractivity (Wildman–Crippen MR) is 85.9 cm³/mol. The molecule has 21 heavy (non-hydrogen) atoms. The topological polar surface area (TPSA) is 48.5 Å². The fourth-order valence-corrected chi connectivity index (χ4v) is 3.41. The molecule has 0 unspecified atom stereocenters. The summed E-state index contributed by atoms with van der Waals surface area (Å²) in [5.74, 6) is 1.32. The van der Waals surface area contributed by atoms with Crippen molar-refractivity contribution in [2.45, 2.75) is 38.6 Å². The molecule has 0 spiro atoms. The van der Waals surface area contributed by atoms with Crippen molar-refractivity contribution < 1.29 is 0 Å². The maximum Gasteiger partial charge on any atom is 0.158 e. The van der Waals surface area contributed by atoms with E-state index in [1.165, 1.54) is 0 Å². The summed E-state index contributed by atoms with van der Waals surface area (Å²) in [6, 6.07) is 0. The van der Waals surface area contributed by atoms with Crippen LogP contribution in [0.3, 0.4) is 0 Å². The van der Waals surface area contributed by atoms with Gasteiger partial charge in [-0.1, -0.05) is 13.3 Å². The summed E-state index contributed by atoms with van der Waals surface area (Å²) in [5, 5.41) is 6.68. The number of aryl methyl sites for hydroxylation is 4. The second-order valence-electron chi connectivity index (χ2n) is 5.04. The van der Waals surface area contributed by atoms with Crippen molar-refractivity contribution in [3.05, 3.63) is 28.1 Å². The van der Waals surface area contributed by atoms with Crippen molar-refractivity contribution in [2.24, 2.45) is 7.05 Å². The van der Waals surface area contributed by atoms with Crippen LogP contribution in [-0.4, -0.2) is 24.3 Å². The molecular formula is C14H18ClN5S. The monoisotopic (exact) mass is 323 g/mol. The van der Waals surface area contributed by atoms with Gasteiger partial charge in [0.1, 0.15) is 11.3 Å². The Hall–Kier alpha value is -1.40. The van der Waals surface area contributed by atoms with Crippen molar-refractivity contribution in [3.63, 3.8) is 0 Å². The molecule has 7 heteroatoms. The molecule has 0 bridgehead atoms. The Morgan fingerprint density at radius 3 is 2.86 bits per heavy atom. The molecule has 0 atom stereocenters. The highest BCUT2D eigenvalue weighted by Crippen LogP contribution is 2.22. The average Bonchev–Trinajstić information content (AvgIpc) is 3.16. The molecule has 0 radical (unpaired) electrons. The third kappa shape index (κ3) is 2.70. The Kier molecular flexibility index (Phi) is 4.26. The second-order valence-corrected chi connectivity index (χ2v) is 6.02. The van der Waals surface area contributed by atoms with E-state index in [0.717, 1.165) is 54.2 Å². The van der Waals surface area contributed by atoms with Gasteiger partial charge in [0.25, 0.3) is 0 Å². The van der Waals surface area contributed by atoms with Crippen LogP contribution in [0, 0.1) is 0 Å². The van der Waals surface area contributed by atoms with Crippen LogP contribution in [0.1, 0.15) is 30.6 Å². The number of rotatable bonds is 6. The van der Waals surface area contributed by atoms with Gasteiger partial charge in [-0.05, 0) is 6.42 Å². The van der Waals surface area contributed by atoms with Gasteiger partial charge in [0.15, 0.2) is 5.65 Å². The van der Waals surface area contributed by atoms with Crippen LogP contribution in [-0.2, 0) is 32.3 Å². The van der Waals surface area contributed by atoms with Crippen LogP contribution in [0.2, 0.25) is 0 Å². The Bertz CT molecular complexity index is 728. The van der Waals surface area contributed by atoms with E-state index in [4.69, 9.17) is 16.6 Å². The SMILES string of the molecule is CCCc1nn(C)c2c1nc(CCl)n2CCc1cscn1. The summed E-state index contributed by atoms with van der Waals surface area (Å²) in [6.45, 7) is 2.98. The lowest BCUT2D eigenvalue weighted by atomic mass is 10.2. The summed E-state index contributed by atoms with van der Waals surface area (Å²) in [5.41, 5.74) is 6.09. The van der Waals surface area contributed by atoms with Gasteiger partial charge in [0, 0.05) is 25.4 Å². The van der Waals surface area contributed by atoms with Crippen LogP contribution >= 0.6 is 22.9 Å². The lowest BCUT2D eigenvalue weighted by Crippen LogP contribution is -2.08. The first-order chi connectivity index (χ1) is 10.2.